The summed E-state index contributed by atoms with van der Waals surface area (Å²) in [5, 5.41) is 10.7. The van der Waals surface area contributed by atoms with E-state index in [1.54, 1.807) is 14.0 Å². The third-order valence-corrected chi connectivity index (χ3v) is 4.20. The standard InChI is InChI=1S/C17H22O4/c1-17(19)11-13(16(18)21-3)10-14-12(7-5-9-20-2)6-4-8-15(14)17/h4,8,13,15,19H,6,9-11H2,1-3H3/t13-,15-,17-/m0/s1. The van der Waals surface area contributed by atoms with Crippen LogP contribution >= 0.6 is 0 Å². The van der Waals surface area contributed by atoms with Gasteiger partial charge in [-0.25, -0.2) is 0 Å². The van der Waals surface area contributed by atoms with Gasteiger partial charge in [0.2, 0.25) is 0 Å². The molecule has 1 fully saturated rings. The van der Waals surface area contributed by atoms with Crippen LogP contribution in [0, 0.1) is 23.7 Å². The van der Waals surface area contributed by atoms with Crippen molar-refractivity contribution in [2.45, 2.75) is 31.8 Å². The highest BCUT2D eigenvalue weighted by Crippen LogP contribution is 2.45. The van der Waals surface area contributed by atoms with Crippen LogP contribution in [-0.4, -0.2) is 37.5 Å². The Morgan fingerprint density at radius 2 is 2.29 bits per heavy atom. The van der Waals surface area contributed by atoms with Crippen LogP contribution in [0.1, 0.15) is 26.2 Å². The molecule has 2 rings (SSSR count). The number of allylic oxidation sites excluding steroid dienone is 2. The van der Waals surface area contributed by atoms with E-state index in [9.17, 15) is 9.90 Å². The van der Waals surface area contributed by atoms with Crippen LogP contribution < -0.4 is 0 Å². The zero-order valence-electron chi connectivity index (χ0n) is 12.8. The summed E-state index contributed by atoms with van der Waals surface area (Å²) in [6, 6.07) is 0. The molecule has 2 aliphatic carbocycles. The predicted molar refractivity (Wildman–Crippen MR) is 79.3 cm³/mol. The molecule has 3 atom stereocenters. The number of methoxy groups -OCH3 is 2. The highest BCUT2D eigenvalue weighted by atomic mass is 16.5. The first-order valence-corrected chi connectivity index (χ1v) is 7.16. The lowest BCUT2D eigenvalue weighted by Gasteiger charge is -2.42. The van der Waals surface area contributed by atoms with E-state index in [4.69, 9.17) is 9.47 Å². The second kappa shape index (κ2) is 6.46. The molecule has 21 heavy (non-hydrogen) atoms. The number of fused-ring (bicyclic) bond motifs is 1. The molecule has 0 aliphatic heterocycles. The molecule has 0 amide bonds. The molecule has 0 unspecified atom stereocenters. The highest BCUT2D eigenvalue weighted by molar-refractivity contribution is 5.73. The average Bonchev–Trinajstić information content (AvgIpc) is 2.46. The van der Waals surface area contributed by atoms with Gasteiger partial charge in [-0.3, -0.25) is 4.79 Å². The Morgan fingerprint density at radius 1 is 1.52 bits per heavy atom. The first kappa shape index (κ1) is 15.8. The zero-order chi connectivity index (χ0) is 15.5. The number of esters is 1. The Labute approximate surface area is 125 Å². The third-order valence-electron chi connectivity index (χ3n) is 4.20. The molecule has 114 valence electrons. The van der Waals surface area contributed by atoms with Crippen molar-refractivity contribution in [1.82, 2.24) is 0 Å². The number of hydrogen-bond acceptors (Lipinski definition) is 4. The zero-order valence-corrected chi connectivity index (χ0v) is 12.8. The van der Waals surface area contributed by atoms with Crippen LogP contribution in [0.25, 0.3) is 0 Å². The molecule has 0 radical (unpaired) electrons. The molecule has 0 aromatic heterocycles. The normalized spacial score (nSPS) is 31.2. The van der Waals surface area contributed by atoms with E-state index in [1.165, 1.54) is 7.11 Å². The van der Waals surface area contributed by atoms with Crippen LogP contribution in [0.3, 0.4) is 0 Å². The summed E-state index contributed by atoms with van der Waals surface area (Å²) >= 11 is 0. The lowest BCUT2D eigenvalue weighted by atomic mass is 9.66. The Hall–Kier alpha value is -1.57. The van der Waals surface area contributed by atoms with Crippen molar-refractivity contribution in [3.05, 3.63) is 23.3 Å². The van der Waals surface area contributed by atoms with Gasteiger partial charge in [-0.1, -0.05) is 24.0 Å². The van der Waals surface area contributed by atoms with Crippen molar-refractivity contribution in [2.24, 2.45) is 11.8 Å². The molecule has 0 aromatic rings. The van der Waals surface area contributed by atoms with E-state index in [2.05, 4.69) is 11.8 Å². The van der Waals surface area contributed by atoms with Gasteiger partial charge in [-0.15, -0.1) is 0 Å². The van der Waals surface area contributed by atoms with Crippen molar-refractivity contribution in [2.75, 3.05) is 20.8 Å². The molecule has 0 bridgehead atoms. The second-order valence-electron chi connectivity index (χ2n) is 5.83. The van der Waals surface area contributed by atoms with E-state index in [0.717, 1.165) is 17.6 Å². The summed E-state index contributed by atoms with van der Waals surface area (Å²) in [6.07, 6.45) is 5.83. The van der Waals surface area contributed by atoms with E-state index in [0.29, 0.717) is 19.4 Å². The Bertz CT molecular complexity index is 531. The summed E-state index contributed by atoms with van der Waals surface area (Å²) in [4.78, 5) is 11.9. The maximum atomic E-state index is 11.9. The maximum absolute atomic E-state index is 11.9. The van der Waals surface area contributed by atoms with Crippen molar-refractivity contribution in [3.63, 3.8) is 0 Å². The van der Waals surface area contributed by atoms with Crippen molar-refractivity contribution >= 4 is 5.97 Å². The minimum Gasteiger partial charge on any atom is -0.469 e. The monoisotopic (exact) mass is 290 g/mol. The predicted octanol–water partition coefficient (Wildman–Crippen LogP) is 1.84. The van der Waals surface area contributed by atoms with E-state index in [-0.39, 0.29) is 17.8 Å². The molecule has 0 heterocycles. The van der Waals surface area contributed by atoms with Gasteiger partial charge in [-0.2, -0.15) is 0 Å². The number of carbonyl (C=O) groups is 1. The Kier molecular flexibility index (Phi) is 4.87. The third kappa shape index (κ3) is 3.37. The molecule has 2 aliphatic rings. The smallest absolute Gasteiger partial charge is 0.309 e. The fourth-order valence-electron chi connectivity index (χ4n) is 3.23. The molecule has 1 saturated carbocycles. The Balaban J connectivity index is 2.34. The minimum atomic E-state index is -0.947. The van der Waals surface area contributed by atoms with Crippen LogP contribution in [0.15, 0.2) is 23.3 Å². The molecule has 4 nitrogen and oxygen atoms in total. The number of rotatable bonds is 2. The van der Waals surface area contributed by atoms with Gasteiger partial charge < -0.3 is 14.6 Å². The average molecular weight is 290 g/mol. The Morgan fingerprint density at radius 3 is 2.95 bits per heavy atom. The van der Waals surface area contributed by atoms with Crippen LogP contribution in [0.5, 0.6) is 0 Å². The highest BCUT2D eigenvalue weighted by Gasteiger charge is 2.44. The van der Waals surface area contributed by atoms with Gasteiger partial charge in [-0.05, 0) is 31.8 Å². The summed E-state index contributed by atoms with van der Waals surface area (Å²) in [7, 11) is 2.99. The fourth-order valence-corrected chi connectivity index (χ4v) is 3.23. The summed E-state index contributed by atoms with van der Waals surface area (Å²) in [5.74, 6) is 5.45. The first-order chi connectivity index (χ1) is 9.99. The first-order valence-electron chi connectivity index (χ1n) is 7.16. The lowest BCUT2D eigenvalue weighted by molar-refractivity contribution is -0.149. The molecule has 0 saturated heterocycles. The number of hydrogen-bond donors (Lipinski definition) is 1. The molecular formula is C17H22O4. The van der Waals surface area contributed by atoms with E-state index < -0.39 is 5.60 Å². The molecule has 1 N–H and O–H groups in total. The van der Waals surface area contributed by atoms with Crippen LogP contribution in [-0.2, 0) is 14.3 Å². The van der Waals surface area contributed by atoms with Crippen molar-refractivity contribution < 1.29 is 19.4 Å². The van der Waals surface area contributed by atoms with Gasteiger partial charge in [0.05, 0.1) is 18.6 Å². The summed E-state index contributed by atoms with van der Waals surface area (Å²) in [5.41, 5.74) is 1.11. The van der Waals surface area contributed by atoms with E-state index >= 15 is 0 Å². The maximum Gasteiger partial charge on any atom is 0.309 e. The largest absolute Gasteiger partial charge is 0.469 e. The molecule has 0 aromatic carbocycles. The van der Waals surface area contributed by atoms with Gasteiger partial charge in [0.15, 0.2) is 0 Å². The fraction of sp³-hybridized carbons (Fsp3) is 0.588. The van der Waals surface area contributed by atoms with Crippen molar-refractivity contribution in [3.8, 4) is 11.8 Å². The van der Waals surface area contributed by atoms with E-state index in [1.807, 2.05) is 12.2 Å². The number of carbonyl (C=O) groups excluding carboxylic acids is 1. The summed E-state index contributed by atoms with van der Waals surface area (Å²) < 4.78 is 9.80. The summed E-state index contributed by atoms with van der Waals surface area (Å²) in [6.45, 7) is 2.16. The van der Waals surface area contributed by atoms with Gasteiger partial charge in [0.1, 0.15) is 6.61 Å². The molecule has 0 spiro atoms. The minimum absolute atomic E-state index is 0.0704. The lowest BCUT2D eigenvalue weighted by Crippen LogP contribution is -2.44. The second-order valence-corrected chi connectivity index (χ2v) is 5.83. The number of ether oxygens (including phenoxy) is 2. The van der Waals surface area contributed by atoms with Crippen molar-refractivity contribution in [1.29, 1.82) is 0 Å². The van der Waals surface area contributed by atoms with Crippen LogP contribution in [0.4, 0.5) is 0 Å². The topological polar surface area (TPSA) is 55.8 Å². The van der Waals surface area contributed by atoms with Gasteiger partial charge in [0.25, 0.3) is 0 Å². The van der Waals surface area contributed by atoms with Gasteiger partial charge in [0, 0.05) is 18.6 Å². The van der Waals surface area contributed by atoms with Gasteiger partial charge >= 0.3 is 5.97 Å². The SMILES string of the molecule is COCC#CC1=C2C[C@H](C(=O)OC)C[C@](C)(O)[C@H]2C=CC1. The molecule has 4 heteroatoms. The number of aliphatic hydroxyl groups is 1. The van der Waals surface area contributed by atoms with Crippen LogP contribution in [0.2, 0.25) is 0 Å². The molecular weight excluding hydrogens is 268 g/mol. The quantitative estimate of drug-likeness (QED) is 0.479.